The number of ketones is 1. The normalized spacial score (nSPS) is 14.6. The number of carbonyl (C=O) groups is 1. The van der Waals surface area contributed by atoms with Crippen molar-refractivity contribution in [3.63, 3.8) is 0 Å². The van der Waals surface area contributed by atoms with Crippen LogP contribution in [0.4, 0.5) is 0 Å². The van der Waals surface area contributed by atoms with E-state index in [1.165, 1.54) is 12.1 Å². The summed E-state index contributed by atoms with van der Waals surface area (Å²) in [5, 5.41) is 6.36. The molecule has 0 unspecified atom stereocenters. The molecule has 0 bridgehead atoms. The Morgan fingerprint density at radius 2 is 1.52 bits per heavy atom. The monoisotopic (exact) mass is 402 g/mol. The van der Waals surface area contributed by atoms with Gasteiger partial charge in [-0.25, -0.2) is 8.42 Å². The van der Waals surface area contributed by atoms with E-state index in [0.717, 1.165) is 18.4 Å². The van der Waals surface area contributed by atoms with Crippen molar-refractivity contribution in [2.75, 3.05) is 13.1 Å². The number of allylic oxidation sites excluding steroid dienone is 1. The molecular weight excluding hydrogens is 380 g/mol. The molecular formula is C20H22N2O3S2. The van der Waals surface area contributed by atoms with E-state index >= 15 is 0 Å². The molecule has 0 spiro atoms. The molecule has 3 rings (SSSR count). The molecule has 1 saturated heterocycles. The largest absolute Gasteiger partial charge is 0.371 e. The number of carbonyl (C=O) groups excluding carboxylic acids is 1. The van der Waals surface area contributed by atoms with Crippen molar-refractivity contribution in [2.24, 2.45) is 0 Å². The molecule has 0 aliphatic carbocycles. The molecule has 5 nitrogen and oxygen atoms in total. The van der Waals surface area contributed by atoms with E-state index in [-0.39, 0.29) is 15.6 Å². The Kier molecular flexibility index (Phi) is 6.23. The molecule has 1 aliphatic rings. The average Bonchev–Trinajstić information content (AvgIpc) is 2.96. The highest BCUT2D eigenvalue weighted by molar-refractivity contribution is 8.73. The molecule has 2 aromatic rings. The van der Waals surface area contributed by atoms with Crippen LogP contribution in [-0.4, -0.2) is 27.3 Å². The molecule has 0 radical (unpaired) electrons. The smallest absolute Gasteiger partial charge is 0.234 e. The molecule has 2 N–H and O–H groups in total. The fraction of sp³-hybridized carbons (Fsp3) is 0.250. The van der Waals surface area contributed by atoms with Crippen LogP contribution in [-0.2, 0) is 8.87 Å². The number of nitrogens with one attached hydrogen (secondary N) is 2. The van der Waals surface area contributed by atoms with Crippen molar-refractivity contribution in [3.8, 4) is 0 Å². The van der Waals surface area contributed by atoms with E-state index in [1.54, 1.807) is 30.3 Å². The highest BCUT2D eigenvalue weighted by Gasteiger charge is 2.27. The maximum atomic E-state index is 13.2. The molecule has 142 valence electrons. The van der Waals surface area contributed by atoms with Crippen molar-refractivity contribution < 1.29 is 13.2 Å². The summed E-state index contributed by atoms with van der Waals surface area (Å²) in [6, 6.07) is 15.3. The van der Waals surface area contributed by atoms with Gasteiger partial charge in [-0.2, -0.15) is 0 Å². The SMILES string of the molecule is Cc1ccc(C(=O)C(SS(=O)(=O)c2ccccc2)=C2NCCCCN2)cc1. The van der Waals surface area contributed by atoms with Gasteiger partial charge in [-0.3, -0.25) is 4.79 Å². The first-order chi connectivity index (χ1) is 13.0. The number of benzene rings is 2. The van der Waals surface area contributed by atoms with Crippen LogP contribution in [0.5, 0.6) is 0 Å². The maximum Gasteiger partial charge on any atom is 0.234 e. The molecule has 1 heterocycles. The summed E-state index contributed by atoms with van der Waals surface area (Å²) in [4.78, 5) is 13.5. The van der Waals surface area contributed by atoms with Crippen molar-refractivity contribution in [3.05, 3.63) is 76.5 Å². The second-order valence-corrected chi connectivity index (χ2v) is 10.1. The Labute approximate surface area is 163 Å². The first-order valence-electron chi connectivity index (χ1n) is 8.80. The summed E-state index contributed by atoms with van der Waals surface area (Å²) in [6.45, 7) is 3.33. The molecule has 27 heavy (non-hydrogen) atoms. The van der Waals surface area contributed by atoms with Crippen molar-refractivity contribution in [2.45, 2.75) is 24.7 Å². The van der Waals surface area contributed by atoms with Gasteiger partial charge < -0.3 is 10.6 Å². The molecule has 0 amide bonds. The Hall–Kier alpha value is -2.25. The summed E-state index contributed by atoms with van der Waals surface area (Å²) in [6.07, 6.45) is 1.91. The second-order valence-electron chi connectivity index (χ2n) is 6.31. The van der Waals surface area contributed by atoms with Gasteiger partial charge in [0, 0.05) is 29.4 Å². The topological polar surface area (TPSA) is 75.3 Å². The first-order valence-corrected chi connectivity index (χ1v) is 11.6. The minimum Gasteiger partial charge on any atom is -0.371 e. The van der Waals surface area contributed by atoms with Crippen LogP contribution >= 0.6 is 10.8 Å². The minimum atomic E-state index is -3.72. The zero-order valence-electron chi connectivity index (χ0n) is 15.1. The lowest BCUT2D eigenvalue weighted by Gasteiger charge is -2.15. The Morgan fingerprint density at radius 3 is 2.11 bits per heavy atom. The predicted octanol–water partition coefficient (Wildman–Crippen LogP) is 3.44. The van der Waals surface area contributed by atoms with Gasteiger partial charge in [0.05, 0.1) is 4.90 Å². The number of Topliss-reactive ketones (excluding diaryl/α,β-unsaturated/α-hetero) is 1. The second kappa shape index (κ2) is 8.63. The highest BCUT2D eigenvalue weighted by Crippen LogP contribution is 2.33. The highest BCUT2D eigenvalue weighted by atomic mass is 33.1. The van der Waals surface area contributed by atoms with Crippen LogP contribution < -0.4 is 10.6 Å². The number of hydrogen-bond donors (Lipinski definition) is 2. The number of hydrogen-bond acceptors (Lipinski definition) is 6. The molecule has 2 aromatic carbocycles. The van der Waals surface area contributed by atoms with E-state index < -0.39 is 8.87 Å². The molecule has 0 atom stereocenters. The van der Waals surface area contributed by atoms with Crippen LogP contribution in [0.1, 0.15) is 28.8 Å². The minimum absolute atomic E-state index is 0.171. The van der Waals surface area contributed by atoms with Gasteiger partial charge >= 0.3 is 0 Å². The van der Waals surface area contributed by atoms with Gasteiger partial charge in [0.25, 0.3) is 0 Å². The molecule has 0 aromatic heterocycles. The summed E-state index contributed by atoms with van der Waals surface area (Å²) >= 11 is 0. The van der Waals surface area contributed by atoms with Crippen molar-refractivity contribution >= 4 is 25.4 Å². The van der Waals surface area contributed by atoms with Gasteiger partial charge in [-0.1, -0.05) is 48.0 Å². The Bertz CT molecular complexity index is 927. The molecule has 0 saturated carbocycles. The van der Waals surface area contributed by atoms with E-state index in [2.05, 4.69) is 10.6 Å². The van der Waals surface area contributed by atoms with Crippen LogP contribution in [0.3, 0.4) is 0 Å². The Morgan fingerprint density at radius 1 is 0.926 bits per heavy atom. The lowest BCUT2D eigenvalue weighted by molar-refractivity contribution is 0.104. The summed E-state index contributed by atoms with van der Waals surface area (Å²) < 4.78 is 25.8. The zero-order valence-corrected chi connectivity index (χ0v) is 16.7. The van der Waals surface area contributed by atoms with Gasteiger partial charge in [0.1, 0.15) is 10.7 Å². The molecule has 1 aliphatic heterocycles. The number of rotatable bonds is 5. The van der Waals surface area contributed by atoms with Crippen LogP contribution in [0.15, 0.2) is 70.2 Å². The van der Waals surface area contributed by atoms with Crippen molar-refractivity contribution in [1.29, 1.82) is 0 Å². The fourth-order valence-corrected chi connectivity index (χ4v) is 5.66. The average molecular weight is 403 g/mol. The van der Waals surface area contributed by atoms with Gasteiger partial charge in [0.2, 0.25) is 14.7 Å². The van der Waals surface area contributed by atoms with E-state index in [9.17, 15) is 13.2 Å². The van der Waals surface area contributed by atoms with E-state index in [0.29, 0.717) is 35.3 Å². The molecule has 7 heteroatoms. The summed E-state index contributed by atoms with van der Waals surface area (Å²) in [7, 11) is -3.12. The lowest BCUT2D eigenvalue weighted by atomic mass is 10.1. The fourth-order valence-electron chi connectivity index (χ4n) is 2.67. The van der Waals surface area contributed by atoms with Gasteiger partial charge in [-0.05, 0) is 31.9 Å². The third kappa shape index (κ3) is 4.93. The van der Waals surface area contributed by atoms with Crippen LogP contribution in [0.2, 0.25) is 0 Å². The zero-order chi connectivity index (χ0) is 19.3. The Balaban J connectivity index is 2.01. The van der Waals surface area contributed by atoms with Gasteiger partial charge in [-0.15, -0.1) is 0 Å². The standard InChI is InChI=1S/C20H22N2O3S2/c1-15-9-11-16(12-10-15)18(23)19(20-21-13-5-6-14-22-20)26-27(24,25)17-7-3-2-4-8-17/h2-4,7-12,21-22H,5-6,13-14H2,1H3. The lowest BCUT2D eigenvalue weighted by Crippen LogP contribution is -2.27. The summed E-state index contributed by atoms with van der Waals surface area (Å²) in [5.74, 6) is 0.180. The maximum absolute atomic E-state index is 13.2. The van der Waals surface area contributed by atoms with Crippen molar-refractivity contribution in [1.82, 2.24) is 10.6 Å². The molecule has 1 fully saturated rings. The van der Waals surface area contributed by atoms with Crippen LogP contribution in [0, 0.1) is 6.92 Å². The number of aryl methyl sites for hydroxylation is 1. The van der Waals surface area contributed by atoms with Crippen LogP contribution in [0.25, 0.3) is 0 Å². The quantitative estimate of drug-likeness (QED) is 0.453. The third-order valence-corrected chi connectivity index (χ3v) is 7.54. The summed E-state index contributed by atoms with van der Waals surface area (Å²) in [5.41, 5.74) is 1.50. The van der Waals surface area contributed by atoms with E-state index in [4.69, 9.17) is 0 Å². The predicted molar refractivity (Wildman–Crippen MR) is 109 cm³/mol. The van der Waals surface area contributed by atoms with Gasteiger partial charge in [0.15, 0.2) is 0 Å². The third-order valence-electron chi connectivity index (χ3n) is 4.18. The van der Waals surface area contributed by atoms with E-state index in [1.807, 2.05) is 19.1 Å². The first kappa shape index (κ1) is 19.5.